The fourth-order valence-electron chi connectivity index (χ4n) is 4.80. The van der Waals surface area contributed by atoms with Gasteiger partial charge in [-0.2, -0.15) is 0 Å². The summed E-state index contributed by atoms with van der Waals surface area (Å²) in [6.07, 6.45) is 9.67. The molecule has 2 amide bonds. The number of carbonyl (C=O) groups excluding carboxylic acids is 2. The van der Waals surface area contributed by atoms with E-state index in [-0.39, 0.29) is 23.1 Å². The Bertz CT molecular complexity index is 832. The van der Waals surface area contributed by atoms with Crippen molar-refractivity contribution in [1.82, 2.24) is 15.2 Å². The molecule has 1 aromatic heterocycles. The topological polar surface area (TPSA) is 62.3 Å². The second-order valence-electron chi connectivity index (χ2n) is 8.46. The minimum absolute atomic E-state index is 0.00733. The molecule has 1 aromatic carbocycles. The number of hydrogen-bond acceptors (Lipinski definition) is 3. The first kappa shape index (κ1) is 19.6. The lowest BCUT2D eigenvalue weighted by molar-refractivity contribution is -0.129. The van der Waals surface area contributed by atoms with Crippen molar-refractivity contribution in [3.05, 3.63) is 66.0 Å². The van der Waals surface area contributed by atoms with Gasteiger partial charge in [-0.3, -0.25) is 14.6 Å². The van der Waals surface area contributed by atoms with Gasteiger partial charge in [0.15, 0.2) is 0 Å². The van der Waals surface area contributed by atoms with Crippen molar-refractivity contribution in [1.29, 1.82) is 0 Å². The third kappa shape index (κ3) is 4.50. The van der Waals surface area contributed by atoms with E-state index in [1.807, 2.05) is 18.2 Å². The number of likely N-dealkylation sites (tertiary alicyclic amines) is 1. The first-order valence-corrected chi connectivity index (χ1v) is 10.7. The van der Waals surface area contributed by atoms with Gasteiger partial charge in [0.05, 0.1) is 5.92 Å². The molecule has 0 radical (unpaired) electrons. The van der Waals surface area contributed by atoms with Crippen LogP contribution in [0.4, 0.5) is 0 Å². The highest BCUT2D eigenvalue weighted by molar-refractivity contribution is 5.89. The molecule has 4 rings (SSSR count). The van der Waals surface area contributed by atoms with Crippen LogP contribution < -0.4 is 5.32 Å². The molecule has 5 nitrogen and oxygen atoms in total. The van der Waals surface area contributed by atoms with Gasteiger partial charge >= 0.3 is 0 Å². The Kier molecular flexibility index (Phi) is 5.93. The number of pyridine rings is 1. The van der Waals surface area contributed by atoms with Crippen LogP contribution in [0.2, 0.25) is 0 Å². The number of nitrogens with one attached hydrogen (secondary N) is 1. The summed E-state index contributed by atoms with van der Waals surface area (Å²) in [5.74, 6) is -0.215. The van der Waals surface area contributed by atoms with Gasteiger partial charge in [-0.1, -0.05) is 55.7 Å². The normalized spacial score (nSPS) is 21.2. The molecule has 2 fully saturated rings. The minimum Gasteiger partial charge on any atom is -0.355 e. The summed E-state index contributed by atoms with van der Waals surface area (Å²) in [4.78, 5) is 31.2. The lowest BCUT2D eigenvalue weighted by Crippen LogP contribution is -2.44. The van der Waals surface area contributed by atoms with Crippen molar-refractivity contribution in [2.45, 2.75) is 50.5 Å². The van der Waals surface area contributed by atoms with Gasteiger partial charge in [0.25, 0.3) is 0 Å². The molecule has 0 spiro atoms. The Morgan fingerprint density at radius 1 is 1.10 bits per heavy atom. The maximum atomic E-state index is 12.9. The van der Waals surface area contributed by atoms with Crippen LogP contribution >= 0.6 is 0 Å². The Morgan fingerprint density at radius 3 is 2.62 bits per heavy atom. The molecule has 152 valence electrons. The number of nitrogens with zero attached hydrogens (tertiary/aromatic N) is 2. The van der Waals surface area contributed by atoms with Crippen molar-refractivity contribution in [3.8, 4) is 0 Å². The van der Waals surface area contributed by atoms with Gasteiger partial charge in [-0.05, 0) is 30.0 Å². The Morgan fingerprint density at radius 2 is 1.90 bits per heavy atom. The second kappa shape index (κ2) is 8.76. The number of carbonyl (C=O) groups is 2. The maximum Gasteiger partial charge on any atom is 0.225 e. The SMILES string of the molecule is O=C(NCC1(c2ccccc2)CCCCC1)C1CC(=O)N(Cc2cccnc2)C1. The lowest BCUT2D eigenvalue weighted by atomic mass is 9.69. The van der Waals surface area contributed by atoms with Crippen molar-refractivity contribution in [2.75, 3.05) is 13.1 Å². The zero-order valence-corrected chi connectivity index (χ0v) is 16.8. The van der Waals surface area contributed by atoms with E-state index in [0.717, 1.165) is 18.4 Å². The van der Waals surface area contributed by atoms with Crippen LogP contribution in [0.25, 0.3) is 0 Å². The monoisotopic (exact) mass is 391 g/mol. The number of rotatable bonds is 6. The van der Waals surface area contributed by atoms with Gasteiger partial charge < -0.3 is 10.2 Å². The highest BCUT2D eigenvalue weighted by Crippen LogP contribution is 2.39. The summed E-state index contributed by atoms with van der Waals surface area (Å²) in [5.41, 5.74) is 2.33. The molecule has 2 aromatic rings. The van der Waals surface area contributed by atoms with E-state index in [0.29, 0.717) is 26.1 Å². The molecule has 1 saturated heterocycles. The lowest BCUT2D eigenvalue weighted by Gasteiger charge is -2.38. The molecule has 1 aliphatic heterocycles. The molecule has 0 bridgehead atoms. The Labute approximate surface area is 172 Å². The van der Waals surface area contributed by atoms with Gasteiger partial charge in [0, 0.05) is 43.9 Å². The maximum absolute atomic E-state index is 12.9. The van der Waals surface area contributed by atoms with Crippen LogP contribution in [-0.2, 0) is 21.5 Å². The summed E-state index contributed by atoms with van der Waals surface area (Å²) in [5, 5.41) is 3.21. The third-order valence-electron chi connectivity index (χ3n) is 6.48. The molecule has 29 heavy (non-hydrogen) atoms. The van der Waals surface area contributed by atoms with Crippen LogP contribution in [0.3, 0.4) is 0 Å². The van der Waals surface area contributed by atoms with Crippen molar-refractivity contribution >= 4 is 11.8 Å². The van der Waals surface area contributed by atoms with E-state index in [9.17, 15) is 9.59 Å². The standard InChI is InChI=1S/C24H29N3O2/c28-22-14-20(17-27(22)16-19-8-7-13-25-15-19)23(29)26-18-24(11-5-2-6-12-24)21-9-3-1-4-10-21/h1,3-4,7-10,13,15,20H,2,5-6,11-12,14,16-18H2,(H,26,29). The van der Waals surface area contributed by atoms with Gasteiger partial charge in [0.2, 0.25) is 11.8 Å². The summed E-state index contributed by atoms with van der Waals surface area (Å²) in [6.45, 7) is 1.66. The predicted octanol–water partition coefficient (Wildman–Crippen LogP) is 3.45. The molecule has 1 N–H and O–H groups in total. The Balaban J connectivity index is 1.38. The Hall–Kier alpha value is -2.69. The summed E-state index contributed by atoms with van der Waals surface area (Å²) < 4.78 is 0. The van der Waals surface area contributed by atoms with Gasteiger partial charge in [0.1, 0.15) is 0 Å². The van der Waals surface area contributed by atoms with E-state index in [1.165, 1.54) is 24.8 Å². The number of amides is 2. The number of aromatic nitrogens is 1. The number of hydrogen-bond donors (Lipinski definition) is 1. The van der Waals surface area contributed by atoms with Crippen LogP contribution in [0.1, 0.15) is 49.7 Å². The average molecular weight is 392 g/mol. The van der Waals surface area contributed by atoms with E-state index in [1.54, 1.807) is 17.3 Å². The van der Waals surface area contributed by atoms with Gasteiger partial charge in [-0.25, -0.2) is 0 Å². The zero-order chi connectivity index (χ0) is 20.1. The van der Waals surface area contributed by atoms with E-state index >= 15 is 0 Å². The van der Waals surface area contributed by atoms with Gasteiger partial charge in [-0.15, -0.1) is 0 Å². The molecule has 1 saturated carbocycles. The van der Waals surface area contributed by atoms with Crippen molar-refractivity contribution in [3.63, 3.8) is 0 Å². The largest absolute Gasteiger partial charge is 0.355 e. The van der Waals surface area contributed by atoms with Crippen LogP contribution in [0.15, 0.2) is 54.9 Å². The highest BCUT2D eigenvalue weighted by atomic mass is 16.2. The first-order valence-electron chi connectivity index (χ1n) is 10.7. The van der Waals surface area contributed by atoms with E-state index < -0.39 is 0 Å². The fourth-order valence-corrected chi connectivity index (χ4v) is 4.80. The van der Waals surface area contributed by atoms with E-state index in [2.05, 4.69) is 34.6 Å². The van der Waals surface area contributed by atoms with Crippen molar-refractivity contribution in [2.24, 2.45) is 5.92 Å². The molecular formula is C24H29N3O2. The fraction of sp³-hybridized carbons (Fsp3) is 0.458. The molecular weight excluding hydrogens is 362 g/mol. The molecule has 5 heteroatoms. The summed E-state index contributed by atoms with van der Waals surface area (Å²) in [6, 6.07) is 14.4. The molecule has 1 atom stereocenters. The summed E-state index contributed by atoms with van der Waals surface area (Å²) >= 11 is 0. The number of benzene rings is 1. The average Bonchev–Trinajstić information content (AvgIpc) is 3.14. The quantitative estimate of drug-likeness (QED) is 0.820. The summed E-state index contributed by atoms with van der Waals surface area (Å²) in [7, 11) is 0. The predicted molar refractivity (Wildman–Crippen MR) is 112 cm³/mol. The zero-order valence-electron chi connectivity index (χ0n) is 16.8. The van der Waals surface area contributed by atoms with Crippen LogP contribution in [0.5, 0.6) is 0 Å². The minimum atomic E-state index is -0.268. The third-order valence-corrected chi connectivity index (χ3v) is 6.48. The smallest absolute Gasteiger partial charge is 0.225 e. The highest BCUT2D eigenvalue weighted by Gasteiger charge is 2.37. The van der Waals surface area contributed by atoms with E-state index in [4.69, 9.17) is 0 Å². The molecule has 1 aliphatic carbocycles. The second-order valence-corrected chi connectivity index (χ2v) is 8.46. The molecule has 2 aliphatic rings. The molecule has 1 unspecified atom stereocenters. The molecule has 2 heterocycles. The first-order chi connectivity index (χ1) is 14.2. The van der Waals surface area contributed by atoms with Crippen LogP contribution in [-0.4, -0.2) is 34.8 Å². The van der Waals surface area contributed by atoms with Crippen LogP contribution in [0, 0.1) is 5.92 Å². The van der Waals surface area contributed by atoms with Crippen molar-refractivity contribution < 1.29 is 9.59 Å².